The van der Waals surface area contributed by atoms with Gasteiger partial charge in [0.2, 0.25) is 0 Å². The third kappa shape index (κ3) is 3.69. The molecule has 158 valence electrons. The first-order chi connectivity index (χ1) is 14.3. The summed E-state index contributed by atoms with van der Waals surface area (Å²) in [4.78, 5) is 13.5. The summed E-state index contributed by atoms with van der Waals surface area (Å²) < 4.78 is 31.0. The Morgan fingerprint density at radius 2 is 1.77 bits per heavy atom. The average molecular weight is 427 g/mol. The van der Waals surface area contributed by atoms with Crippen molar-refractivity contribution in [3.8, 4) is 5.75 Å². The van der Waals surface area contributed by atoms with E-state index in [4.69, 9.17) is 4.74 Å². The second kappa shape index (κ2) is 7.80. The number of aromatic nitrogens is 1. The van der Waals surface area contributed by atoms with Crippen LogP contribution in [-0.4, -0.2) is 32.3 Å². The maximum Gasteiger partial charge on any atom is 0.258 e. The van der Waals surface area contributed by atoms with Gasteiger partial charge in [0.1, 0.15) is 5.75 Å². The molecule has 1 fully saturated rings. The predicted molar refractivity (Wildman–Crippen MR) is 118 cm³/mol. The fourth-order valence-electron chi connectivity index (χ4n) is 4.45. The van der Waals surface area contributed by atoms with E-state index in [1.165, 1.54) is 25.0 Å². The summed E-state index contributed by atoms with van der Waals surface area (Å²) in [6.07, 6.45) is 5.80. The molecule has 0 spiro atoms. The number of anilines is 1. The Morgan fingerprint density at radius 3 is 2.37 bits per heavy atom. The highest BCUT2D eigenvalue weighted by atomic mass is 32.2. The number of carbonyl (C=O) groups excluding carboxylic acids is 1. The fourth-order valence-corrected chi connectivity index (χ4v) is 5.08. The van der Waals surface area contributed by atoms with Gasteiger partial charge < -0.3 is 14.6 Å². The third-order valence-corrected chi connectivity index (χ3v) is 7.04. The van der Waals surface area contributed by atoms with Crippen LogP contribution in [0.3, 0.4) is 0 Å². The van der Waals surface area contributed by atoms with Crippen LogP contribution in [0, 0.1) is 6.92 Å². The molecule has 1 aliphatic rings. The molecular weight excluding hydrogens is 400 g/mol. The van der Waals surface area contributed by atoms with Crippen molar-refractivity contribution >= 4 is 32.3 Å². The summed E-state index contributed by atoms with van der Waals surface area (Å²) in [5.74, 6) is 0.493. The van der Waals surface area contributed by atoms with E-state index in [2.05, 4.69) is 9.88 Å². The number of nitrogens with one attached hydrogen (secondary N) is 1. The predicted octanol–water partition coefficient (Wildman–Crippen LogP) is 4.73. The lowest BCUT2D eigenvalue weighted by Crippen LogP contribution is -2.14. The van der Waals surface area contributed by atoms with Gasteiger partial charge >= 0.3 is 0 Å². The number of hydrogen-bond acceptors (Lipinski definition) is 4. The van der Waals surface area contributed by atoms with Gasteiger partial charge in [-0.25, -0.2) is 8.42 Å². The Morgan fingerprint density at radius 1 is 1.10 bits per heavy atom. The number of fused-ring (bicyclic) bond motifs is 1. The van der Waals surface area contributed by atoms with Gasteiger partial charge in [-0.2, -0.15) is 0 Å². The topological polar surface area (TPSA) is 77.4 Å². The molecule has 0 saturated heterocycles. The lowest BCUT2D eigenvalue weighted by molar-refractivity contribution is 0.102. The number of nitrogens with zero attached hydrogens (tertiary/aromatic N) is 1. The van der Waals surface area contributed by atoms with Crippen molar-refractivity contribution in [2.45, 2.75) is 43.5 Å². The van der Waals surface area contributed by atoms with Crippen LogP contribution in [0.5, 0.6) is 5.75 Å². The molecule has 1 aromatic heterocycles. The Kier molecular flexibility index (Phi) is 5.32. The molecule has 0 atom stereocenters. The Bertz CT molecular complexity index is 1200. The standard InChI is InChI=1S/C23H26N2O4S/c1-15-22(23(26)24-16-8-11-19(12-9-16)30(3,27)28)20-14-18(29-2)10-13-21(20)25(15)17-6-4-5-7-17/h8-14,17H,4-7H2,1-3H3,(H,24,26). The zero-order chi connectivity index (χ0) is 21.5. The molecule has 0 unspecified atom stereocenters. The molecule has 0 radical (unpaired) electrons. The fraction of sp³-hybridized carbons (Fsp3) is 0.348. The van der Waals surface area contributed by atoms with E-state index in [0.717, 1.165) is 35.7 Å². The molecule has 1 N–H and O–H groups in total. The molecule has 0 bridgehead atoms. The number of ether oxygens (including phenoxy) is 1. The number of rotatable bonds is 5. The quantitative estimate of drug-likeness (QED) is 0.640. The first kappa shape index (κ1) is 20.5. The van der Waals surface area contributed by atoms with Crippen LogP contribution in [0.15, 0.2) is 47.4 Å². The van der Waals surface area contributed by atoms with Crippen molar-refractivity contribution in [1.29, 1.82) is 0 Å². The summed E-state index contributed by atoms with van der Waals surface area (Å²) in [6.45, 7) is 1.99. The van der Waals surface area contributed by atoms with Gasteiger partial charge in [0.15, 0.2) is 9.84 Å². The lowest BCUT2D eigenvalue weighted by Gasteiger charge is -2.16. The largest absolute Gasteiger partial charge is 0.497 e. The first-order valence-electron chi connectivity index (χ1n) is 10.1. The molecule has 1 heterocycles. The molecule has 1 saturated carbocycles. The molecular formula is C23H26N2O4S. The van der Waals surface area contributed by atoms with Gasteiger partial charge in [-0.3, -0.25) is 4.79 Å². The highest BCUT2D eigenvalue weighted by Crippen LogP contribution is 2.38. The summed E-state index contributed by atoms with van der Waals surface area (Å²) in [5.41, 5.74) is 3.16. The minimum Gasteiger partial charge on any atom is -0.497 e. The van der Waals surface area contributed by atoms with Crippen LogP contribution >= 0.6 is 0 Å². The van der Waals surface area contributed by atoms with Crippen LogP contribution in [0.2, 0.25) is 0 Å². The average Bonchev–Trinajstić information content (AvgIpc) is 3.32. The van der Waals surface area contributed by atoms with E-state index in [1.54, 1.807) is 19.2 Å². The van der Waals surface area contributed by atoms with Gasteiger partial charge in [-0.05, 0) is 62.2 Å². The smallest absolute Gasteiger partial charge is 0.258 e. The Labute approximate surface area is 176 Å². The SMILES string of the molecule is COc1ccc2c(c1)c(C(=O)Nc1ccc(S(C)(=O)=O)cc1)c(C)n2C1CCCC1. The van der Waals surface area contributed by atoms with Gasteiger partial charge in [0.05, 0.1) is 17.6 Å². The zero-order valence-electron chi connectivity index (χ0n) is 17.4. The summed E-state index contributed by atoms with van der Waals surface area (Å²) >= 11 is 0. The molecule has 30 heavy (non-hydrogen) atoms. The van der Waals surface area contributed by atoms with Crippen LogP contribution < -0.4 is 10.1 Å². The molecule has 6 nitrogen and oxygen atoms in total. The number of methoxy groups -OCH3 is 1. The Hall–Kier alpha value is -2.80. The van der Waals surface area contributed by atoms with Gasteiger partial charge in [0, 0.05) is 34.6 Å². The van der Waals surface area contributed by atoms with Gasteiger partial charge in [-0.15, -0.1) is 0 Å². The van der Waals surface area contributed by atoms with Crippen molar-refractivity contribution in [3.63, 3.8) is 0 Å². The van der Waals surface area contributed by atoms with Crippen LogP contribution in [0.25, 0.3) is 10.9 Å². The summed E-state index contributed by atoms with van der Waals surface area (Å²) in [7, 11) is -1.66. The highest BCUT2D eigenvalue weighted by Gasteiger charge is 2.26. The van der Waals surface area contributed by atoms with Crippen LogP contribution in [0.4, 0.5) is 5.69 Å². The van der Waals surface area contributed by atoms with E-state index < -0.39 is 9.84 Å². The van der Waals surface area contributed by atoms with Crippen molar-refractivity contribution < 1.29 is 17.9 Å². The van der Waals surface area contributed by atoms with Crippen LogP contribution in [0.1, 0.15) is 47.8 Å². The zero-order valence-corrected chi connectivity index (χ0v) is 18.3. The number of amides is 1. The second-order valence-corrected chi connectivity index (χ2v) is 9.92. The molecule has 3 aromatic rings. The molecule has 2 aromatic carbocycles. The lowest BCUT2D eigenvalue weighted by atomic mass is 10.1. The summed E-state index contributed by atoms with van der Waals surface area (Å²) in [5, 5.41) is 3.79. The first-order valence-corrected chi connectivity index (χ1v) is 12.0. The molecule has 1 aliphatic carbocycles. The van der Waals surface area contributed by atoms with Gasteiger partial charge in [0.25, 0.3) is 5.91 Å². The normalized spacial score (nSPS) is 14.9. The molecule has 7 heteroatoms. The maximum atomic E-state index is 13.3. The monoisotopic (exact) mass is 426 g/mol. The van der Waals surface area contributed by atoms with E-state index in [9.17, 15) is 13.2 Å². The van der Waals surface area contributed by atoms with Crippen molar-refractivity contribution in [1.82, 2.24) is 4.57 Å². The molecule has 1 amide bonds. The third-order valence-electron chi connectivity index (χ3n) is 5.91. The number of benzene rings is 2. The minimum absolute atomic E-state index is 0.213. The number of carbonyl (C=O) groups is 1. The summed E-state index contributed by atoms with van der Waals surface area (Å²) in [6, 6.07) is 12.5. The van der Waals surface area contributed by atoms with E-state index in [-0.39, 0.29) is 10.8 Å². The van der Waals surface area contributed by atoms with E-state index >= 15 is 0 Å². The van der Waals surface area contributed by atoms with E-state index in [0.29, 0.717) is 23.0 Å². The van der Waals surface area contributed by atoms with Crippen molar-refractivity contribution in [3.05, 3.63) is 53.7 Å². The second-order valence-electron chi connectivity index (χ2n) is 7.90. The van der Waals surface area contributed by atoms with Crippen LogP contribution in [-0.2, 0) is 9.84 Å². The number of sulfone groups is 1. The van der Waals surface area contributed by atoms with Crippen molar-refractivity contribution in [2.75, 3.05) is 18.7 Å². The van der Waals surface area contributed by atoms with E-state index in [1.807, 2.05) is 25.1 Å². The number of hydrogen-bond donors (Lipinski definition) is 1. The highest BCUT2D eigenvalue weighted by molar-refractivity contribution is 7.90. The minimum atomic E-state index is -3.28. The Balaban J connectivity index is 1.75. The van der Waals surface area contributed by atoms with Gasteiger partial charge in [-0.1, -0.05) is 12.8 Å². The van der Waals surface area contributed by atoms with Crippen molar-refractivity contribution in [2.24, 2.45) is 0 Å². The maximum absolute atomic E-state index is 13.3. The molecule has 4 rings (SSSR count). The molecule has 0 aliphatic heterocycles.